The van der Waals surface area contributed by atoms with Crippen molar-refractivity contribution in [3.63, 3.8) is 0 Å². The summed E-state index contributed by atoms with van der Waals surface area (Å²) in [6.07, 6.45) is 0.995. The van der Waals surface area contributed by atoms with Crippen LogP contribution in [0.25, 0.3) is 0 Å². The summed E-state index contributed by atoms with van der Waals surface area (Å²) in [5.41, 5.74) is 1.34. The van der Waals surface area contributed by atoms with Crippen LogP contribution in [0.1, 0.15) is 23.6 Å². The fraction of sp³-hybridized carbons (Fsp3) is 0.400. The summed E-state index contributed by atoms with van der Waals surface area (Å²) in [7, 11) is 0. The zero-order chi connectivity index (χ0) is 9.26. The van der Waals surface area contributed by atoms with Crippen molar-refractivity contribution in [1.29, 1.82) is 0 Å². The first-order chi connectivity index (χ1) is 6.31. The van der Waals surface area contributed by atoms with Gasteiger partial charge in [0.25, 0.3) is 0 Å². The minimum Gasteiger partial charge on any atom is -0.392 e. The van der Waals surface area contributed by atoms with E-state index in [0.717, 1.165) is 13.0 Å². The van der Waals surface area contributed by atoms with Gasteiger partial charge in [-0.15, -0.1) is 0 Å². The molecule has 1 saturated heterocycles. The zero-order valence-electron chi connectivity index (χ0n) is 7.26. The molecule has 0 saturated carbocycles. The molecule has 0 amide bonds. The van der Waals surface area contributed by atoms with Gasteiger partial charge in [0.05, 0.1) is 6.61 Å². The molecule has 1 aromatic carbocycles. The lowest BCUT2D eigenvalue weighted by Crippen LogP contribution is -2.35. The molecule has 0 unspecified atom stereocenters. The second kappa shape index (κ2) is 3.44. The van der Waals surface area contributed by atoms with Crippen molar-refractivity contribution < 1.29 is 9.50 Å². The number of benzene rings is 1. The molecule has 13 heavy (non-hydrogen) atoms. The highest BCUT2D eigenvalue weighted by Crippen LogP contribution is 2.25. The van der Waals surface area contributed by atoms with Crippen LogP contribution in [0.4, 0.5) is 4.39 Å². The number of aliphatic hydroxyl groups is 1. The van der Waals surface area contributed by atoms with E-state index in [2.05, 4.69) is 5.32 Å². The van der Waals surface area contributed by atoms with Crippen molar-refractivity contribution in [3.05, 3.63) is 35.1 Å². The number of aliphatic hydroxyl groups excluding tert-OH is 1. The van der Waals surface area contributed by atoms with Crippen LogP contribution in [-0.2, 0) is 6.61 Å². The van der Waals surface area contributed by atoms with Crippen molar-refractivity contribution in [1.82, 2.24) is 5.32 Å². The van der Waals surface area contributed by atoms with Crippen molar-refractivity contribution >= 4 is 0 Å². The maximum atomic E-state index is 13.4. The molecule has 0 spiro atoms. The molecule has 2 nitrogen and oxygen atoms in total. The first-order valence-electron chi connectivity index (χ1n) is 4.44. The van der Waals surface area contributed by atoms with Crippen molar-refractivity contribution in [2.24, 2.45) is 0 Å². The smallest absolute Gasteiger partial charge is 0.128 e. The van der Waals surface area contributed by atoms with Gasteiger partial charge in [0.15, 0.2) is 0 Å². The monoisotopic (exact) mass is 181 g/mol. The predicted molar refractivity (Wildman–Crippen MR) is 47.7 cm³/mol. The molecule has 0 radical (unpaired) electrons. The summed E-state index contributed by atoms with van der Waals surface area (Å²) in [5.74, 6) is -0.219. The minimum absolute atomic E-state index is 0.102. The Labute approximate surface area is 76.4 Å². The molecule has 1 aliphatic rings. The first kappa shape index (κ1) is 8.66. The highest BCUT2D eigenvalue weighted by Gasteiger charge is 2.21. The van der Waals surface area contributed by atoms with E-state index in [0.29, 0.717) is 11.1 Å². The second-order valence-electron chi connectivity index (χ2n) is 3.31. The van der Waals surface area contributed by atoms with Crippen LogP contribution in [0.3, 0.4) is 0 Å². The predicted octanol–water partition coefficient (Wildman–Crippen LogP) is 1.35. The summed E-state index contributed by atoms with van der Waals surface area (Å²) < 4.78 is 13.4. The maximum Gasteiger partial charge on any atom is 0.128 e. The van der Waals surface area contributed by atoms with Gasteiger partial charge in [0.2, 0.25) is 0 Å². The van der Waals surface area contributed by atoms with E-state index in [-0.39, 0.29) is 18.5 Å². The summed E-state index contributed by atoms with van der Waals surface area (Å²) in [5, 5.41) is 11.9. The normalized spacial score (nSPS) is 21.2. The molecule has 1 aliphatic heterocycles. The van der Waals surface area contributed by atoms with E-state index >= 15 is 0 Å². The van der Waals surface area contributed by atoms with Gasteiger partial charge in [0.1, 0.15) is 5.82 Å². The first-order valence-corrected chi connectivity index (χ1v) is 4.44. The van der Waals surface area contributed by atoms with Gasteiger partial charge in [-0.3, -0.25) is 0 Å². The van der Waals surface area contributed by atoms with Crippen LogP contribution in [0, 0.1) is 5.82 Å². The molecule has 1 aromatic rings. The summed E-state index contributed by atoms with van der Waals surface area (Å²) >= 11 is 0. The molecular formula is C10H12FNO. The average molecular weight is 181 g/mol. The summed E-state index contributed by atoms with van der Waals surface area (Å²) in [4.78, 5) is 0. The Morgan fingerprint density at radius 1 is 1.54 bits per heavy atom. The van der Waals surface area contributed by atoms with Gasteiger partial charge in [-0.2, -0.15) is 0 Å². The quantitative estimate of drug-likeness (QED) is 0.721. The van der Waals surface area contributed by atoms with E-state index in [1.165, 1.54) is 6.07 Å². The Hall–Kier alpha value is -0.930. The molecule has 0 aromatic heterocycles. The Balaban J connectivity index is 2.26. The van der Waals surface area contributed by atoms with Crippen LogP contribution in [-0.4, -0.2) is 11.7 Å². The van der Waals surface area contributed by atoms with Gasteiger partial charge in [0, 0.05) is 11.6 Å². The molecule has 3 heteroatoms. The molecule has 1 heterocycles. The average Bonchev–Trinajstić information content (AvgIpc) is 2.05. The molecule has 0 bridgehead atoms. The summed E-state index contributed by atoms with van der Waals surface area (Å²) in [6, 6.07) is 5.08. The van der Waals surface area contributed by atoms with Crippen molar-refractivity contribution in [2.45, 2.75) is 19.1 Å². The van der Waals surface area contributed by atoms with Crippen LogP contribution in [0.5, 0.6) is 0 Å². The maximum absolute atomic E-state index is 13.4. The van der Waals surface area contributed by atoms with Crippen molar-refractivity contribution in [3.8, 4) is 0 Å². The van der Waals surface area contributed by atoms with Crippen LogP contribution < -0.4 is 5.32 Å². The molecule has 0 aliphatic carbocycles. The number of nitrogens with one attached hydrogen (secondary N) is 1. The Morgan fingerprint density at radius 2 is 2.31 bits per heavy atom. The Bertz CT molecular complexity index is 310. The van der Waals surface area contributed by atoms with Gasteiger partial charge in [-0.05, 0) is 24.6 Å². The van der Waals surface area contributed by atoms with E-state index in [9.17, 15) is 4.39 Å². The molecule has 1 atom stereocenters. The third kappa shape index (κ3) is 1.57. The molecule has 2 N–H and O–H groups in total. The van der Waals surface area contributed by atoms with Crippen LogP contribution in [0.2, 0.25) is 0 Å². The largest absolute Gasteiger partial charge is 0.392 e. The van der Waals surface area contributed by atoms with E-state index in [1.54, 1.807) is 12.1 Å². The Morgan fingerprint density at radius 3 is 2.77 bits per heavy atom. The van der Waals surface area contributed by atoms with Gasteiger partial charge in [-0.1, -0.05) is 12.1 Å². The molecule has 70 valence electrons. The standard InChI is InChI=1S/C10H12FNO/c11-9-5-7(6-13)1-2-8(9)10-3-4-12-10/h1-2,5,10,12-13H,3-4,6H2/t10-/m0/s1. The van der Waals surface area contributed by atoms with Gasteiger partial charge >= 0.3 is 0 Å². The number of hydrogen-bond acceptors (Lipinski definition) is 2. The summed E-state index contributed by atoms with van der Waals surface area (Å²) in [6.45, 7) is 0.862. The number of hydrogen-bond donors (Lipinski definition) is 2. The topological polar surface area (TPSA) is 32.3 Å². The molecule has 1 fully saturated rings. The number of halogens is 1. The highest BCUT2D eigenvalue weighted by atomic mass is 19.1. The second-order valence-corrected chi connectivity index (χ2v) is 3.31. The SMILES string of the molecule is OCc1ccc([C@@H]2CCN2)c(F)c1. The lowest BCUT2D eigenvalue weighted by atomic mass is 9.96. The van der Waals surface area contributed by atoms with E-state index < -0.39 is 0 Å². The van der Waals surface area contributed by atoms with Gasteiger partial charge < -0.3 is 10.4 Å². The third-order valence-corrected chi connectivity index (χ3v) is 2.45. The lowest BCUT2D eigenvalue weighted by molar-refractivity contribution is 0.281. The zero-order valence-corrected chi connectivity index (χ0v) is 7.26. The molecule has 2 rings (SSSR count). The fourth-order valence-electron chi connectivity index (χ4n) is 1.51. The van der Waals surface area contributed by atoms with Crippen molar-refractivity contribution in [2.75, 3.05) is 6.54 Å². The minimum atomic E-state index is -0.219. The van der Waals surface area contributed by atoms with Gasteiger partial charge in [-0.25, -0.2) is 4.39 Å². The van der Waals surface area contributed by atoms with Crippen LogP contribution >= 0.6 is 0 Å². The third-order valence-electron chi connectivity index (χ3n) is 2.45. The highest BCUT2D eigenvalue weighted by molar-refractivity contribution is 5.27. The van der Waals surface area contributed by atoms with E-state index in [1.807, 2.05) is 0 Å². The van der Waals surface area contributed by atoms with E-state index in [4.69, 9.17) is 5.11 Å². The Kier molecular flexibility index (Phi) is 2.29. The van der Waals surface area contributed by atoms with Crippen LogP contribution in [0.15, 0.2) is 18.2 Å². The fourth-order valence-corrected chi connectivity index (χ4v) is 1.51. The molecular weight excluding hydrogens is 169 g/mol. The number of rotatable bonds is 2. The lowest BCUT2D eigenvalue weighted by Gasteiger charge is -2.28.